The van der Waals surface area contributed by atoms with Crippen LogP contribution in [0.2, 0.25) is 0 Å². The van der Waals surface area contributed by atoms with Gasteiger partial charge in [-0.25, -0.2) is 9.97 Å². The van der Waals surface area contributed by atoms with Crippen molar-refractivity contribution < 1.29 is 4.74 Å². The largest absolute Gasteiger partial charge is 0.494 e. The molecule has 0 saturated heterocycles. The highest BCUT2D eigenvalue weighted by atomic mass is 32.1. The number of fused-ring (bicyclic) bond motifs is 1. The SMILES string of the molecule is CCOc1ccc2nc(Nc3ccnc(C#N)c3)sc2c1. The maximum absolute atomic E-state index is 8.86. The van der Waals surface area contributed by atoms with E-state index in [0.717, 1.165) is 26.8 Å². The fraction of sp³-hybridized carbons (Fsp3) is 0.133. The Morgan fingerprint density at radius 2 is 2.24 bits per heavy atom. The van der Waals surface area contributed by atoms with Crippen LogP contribution < -0.4 is 10.1 Å². The molecule has 0 saturated carbocycles. The lowest BCUT2D eigenvalue weighted by molar-refractivity contribution is 0.341. The first kappa shape index (κ1) is 13.3. The zero-order chi connectivity index (χ0) is 14.7. The van der Waals surface area contributed by atoms with Crippen molar-refractivity contribution in [3.05, 3.63) is 42.2 Å². The first-order valence-electron chi connectivity index (χ1n) is 6.45. The Balaban J connectivity index is 1.88. The first-order chi connectivity index (χ1) is 10.3. The Morgan fingerprint density at radius 1 is 1.33 bits per heavy atom. The van der Waals surface area contributed by atoms with Crippen LogP contribution in [0.25, 0.3) is 10.2 Å². The quantitative estimate of drug-likeness (QED) is 0.794. The zero-order valence-corrected chi connectivity index (χ0v) is 12.1. The minimum Gasteiger partial charge on any atom is -0.494 e. The van der Waals surface area contributed by atoms with E-state index in [2.05, 4.69) is 15.3 Å². The van der Waals surface area contributed by atoms with Gasteiger partial charge >= 0.3 is 0 Å². The lowest BCUT2D eigenvalue weighted by atomic mass is 10.3. The summed E-state index contributed by atoms with van der Waals surface area (Å²) in [5, 5.41) is 12.8. The van der Waals surface area contributed by atoms with Crippen molar-refractivity contribution in [3.63, 3.8) is 0 Å². The molecule has 0 aliphatic heterocycles. The topological polar surface area (TPSA) is 70.8 Å². The molecule has 0 fully saturated rings. The van der Waals surface area contributed by atoms with Gasteiger partial charge in [-0.15, -0.1) is 0 Å². The summed E-state index contributed by atoms with van der Waals surface area (Å²) in [4.78, 5) is 8.45. The number of aromatic nitrogens is 2. The molecule has 1 N–H and O–H groups in total. The standard InChI is InChI=1S/C15H12N4OS/c1-2-20-12-3-4-13-14(8-12)21-15(19-13)18-10-5-6-17-11(7-10)9-16/h3-8H,2H2,1H3,(H,17,18,19). The summed E-state index contributed by atoms with van der Waals surface area (Å²) in [5.41, 5.74) is 2.09. The molecular weight excluding hydrogens is 284 g/mol. The number of nitriles is 1. The van der Waals surface area contributed by atoms with Gasteiger partial charge in [0.2, 0.25) is 0 Å². The van der Waals surface area contributed by atoms with E-state index in [-0.39, 0.29) is 0 Å². The molecule has 2 aromatic heterocycles. The molecule has 3 aromatic rings. The van der Waals surface area contributed by atoms with E-state index in [0.29, 0.717) is 12.3 Å². The monoisotopic (exact) mass is 296 g/mol. The fourth-order valence-corrected chi connectivity index (χ4v) is 2.82. The van der Waals surface area contributed by atoms with Crippen LogP contribution in [-0.4, -0.2) is 16.6 Å². The maximum Gasteiger partial charge on any atom is 0.188 e. The second-order valence-electron chi connectivity index (χ2n) is 4.25. The molecule has 104 valence electrons. The summed E-state index contributed by atoms with van der Waals surface area (Å²) in [6, 6.07) is 11.3. The van der Waals surface area contributed by atoms with E-state index in [1.165, 1.54) is 0 Å². The van der Waals surface area contributed by atoms with Gasteiger partial charge < -0.3 is 10.1 Å². The lowest BCUT2D eigenvalue weighted by Gasteiger charge is -2.01. The van der Waals surface area contributed by atoms with Crippen LogP contribution in [0, 0.1) is 11.3 Å². The van der Waals surface area contributed by atoms with Gasteiger partial charge in [0.25, 0.3) is 0 Å². The van der Waals surface area contributed by atoms with Crippen molar-refractivity contribution in [1.82, 2.24) is 9.97 Å². The van der Waals surface area contributed by atoms with E-state index < -0.39 is 0 Å². The number of hydrogen-bond acceptors (Lipinski definition) is 6. The molecule has 5 nitrogen and oxygen atoms in total. The number of rotatable bonds is 4. The molecule has 3 rings (SSSR count). The molecule has 6 heteroatoms. The van der Waals surface area contributed by atoms with Gasteiger partial charge in [0, 0.05) is 11.9 Å². The highest BCUT2D eigenvalue weighted by Gasteiger charge is 2.06. The van der Waals surface area contributed by atoms with Crippen molar-refractivity contribution >= 4 is 32.4 Å². The van der Waals surface area contributed by atoms with Crippen LogP contribution in [0.3, 0.4) is 0 Å². The summed E-state index contributed by atoms with van der Waals surface area (Å²) in [6.45, 7) is 2.60. The normalized spacial score (nSPS) is 10.3. The van der Waals surface area contributed by atoms with Crippen LogP contribution in [0.5, 0.6) is 5.75 Å². The average molecular weight is 296 g/mol. The van der Waals surface area contributed by atoms with Gasteiger partial charge in [0.15, 0.2) is 5.13 Å². The van der Waals surface area contributed by atoms with Gasteiger partial charge in [0.05, 0.1) is 16.8 Å². The Morgan fingerprint density at radius 3 is 3.05 bits per heavy atom. The Kier molecular flexibility index (Phi) is 3.67. The number of anilines is 2. The van der Waals surface area contributed by atoms with Gasteiger partial charge in [-0.05, 0) is 37.3 Å². The van der Waals surface area contributed by atoms with Crippen molar-refractivity contribution in [2.45, 2.75) is 6.92 Å². The van der Waals surface area contributed by atoms with Crippen LogP contribution in [-0.2, 0) is 0 Å². The van der Waals surface area contributed by atoms with E-state index in [9.17, 15) is 0 Å². The maximum atomic E-state index is 8.86. The van der Waals surface area contributed by atoms with Crippen molar-refractivity contribution in [1.29, 1.82) is 5.26 Å². The number of hydrogen-bond donors (Lipinski definition) is 1. The van der Waals surface area contributed by atoms with Crippen LogP contribution >= 0.6 is 11.3 Å². The molecule has 0 unspecified atom stereocenters. The fourth-order valence-electron chi connectivity index (χ4n) is 1.91. The number of nitrogens with one attached hydrogen (secondary N) is 1. The van der Waals surface area contributed by atoms with Gasteiger partial charge in [-0.2, -0.15) is 5.26 Å². The first-order valence-corrected chi connectivity index (χ1v) is 7.26. The molecule has 0 radical (unpaired) electrons. The predicted molar refractivity (Wildman–Crippen MR) is 83.0 cm³/mol. The van der Waals surface area contributed by atoms with Gasteiger partial charge in [-0.3, -0.25) is 0 Å². The smallest absolute Gasteiger partial charge is 0.188 e. The highest BCUT2D eigenvalue weighted by molar-refractivity contribution is 7.22. The van der Waals surface area contributed by atoms with Crippen LogP contribution in [0.1, 0.15) is 12.6 Å². The van der Waals surface area contributed by atoms with Crippen molar-refractivity contribution in [3.8, 4) is 11.8 Å². The van der Waals surface area contributed by atoms with Crippen molar-refractivity contribution in [2.24, 2.45) is 0 Å². The number of nitrogens with zero attached hydrogens (tertiary/aromatic N) is 3. The molecule has 0 amide bonds. The molecular formula is C15H12N4OS. The number of thiazole rings is 1. The van der Waals surface area contributed by atoms with Gasteiger partial charge in [0.1, 0.15) is 17.5 Å². The molecule has 21 heavy (non-hydrogen) atoms. The summed E-state index contributed by atoms with van der Waals surface area (Å²) >= 11 is 1.54. The summed E-state index contributed by atoms with van der Waals surface area (Å²) in [5.74, 6) is 0.843. The minimum atomic E-state index is 0.375. The Labute approximate surface area is 125 Å². The molecule has 0 atom stereocenters. The van der Waals surface area contributed by atoms with E-state index in [1.807, 2.05) is 31.2 Å². The third-order valence-corrected chi connectivity index (χ3v) is 3.73. The molecule has 0 aliphatic carbocycles. The lowest BCUT2D eigenvalue weighted by Crippen LogP contribution is -1.91. The zero-order valence-electron chi connectivity index (χ0n) is 11.3. The second kappa shape index (κ2) is 5.77. The number of pyridine rings is 1. The van der Waals surface area contributed by atoms with E-state index in [4.69, 9.17) is 10.00 Å². The predicted octanol–water partition coefficient (Wildman–Crippen LogP) is 3.71. The number of benzene rings is 1. The Bertz CT molecular complexity index is 822. The molecule has 1 aromatic carbocycles. The van der Waals surface area contributed by atoms with Gasteiger partial charge in [-0.1, -0.05) is 11.3 Å². The average Bonchev–Trinajstić information content (AvgIpc) is 2.89. The van der Waals surface area contributed by atoms with E-state index in [1.54, 1.807) is 29.7 Å². The molecule has 2 heterocycles. The third kappa shape index (κ3) is 2.93. The molecule has 0 bridgehead atoms. The summed E-state index contributed by atoms with van der Waals surface area (Å²) < 4.78 is 6.54. The molecule has 0 aliphatic rings. The van der Waals surface area contributed by atoms with Crippen LogP contribution in [0.4, 0.5) is 10.8 Å². The molecule has 0 spiro atoms. The third-order valence-electron chi connectivity index (χ3n) is 2.80. The second-order valence-corrected chi connectivity index (χ2v) is 5.28. The Hall–Kier alpha value is -2.65. The van der Waals surface area contributed by atoms with E-state index >= 15 is 0 Å². The van der Waals surface area contributed by atoms with Crippen LogP contribution in [0.15, 0.2) is 36.5 Å². The summed E-state index contributed by atoms with van der Waals surface area (Å²) in [7, 11) is 0. The number of ether oxygens (including phenoxy) is 1. The van der Waals surface area contributed by atoms with Crippen molar-refractivity contribution in [2.75, 3.05) is 11.9 Å². The highest BCUT2D eigenvalue weighted by Crippen LogP contribution is 2.30. The minimum absolute atomic E-state index is 0.375. The summed E-state index contributed by atoms with van der Waals surface area (Å²) in [6.07, 6.45) is 1.60.